The molecule has 0 aromatic carbocycles. The van der Waals surface area contributed by atoms with Crippen LogP contribution in [0.1, 0.15) is 18.5 Å². The number of aryl methyl sites for hydroxylation is 1. The van der Waals surface area contributed by atoms with E-state index in [2.05, 4.69) is 15.2 Å². The van der Waals surface area contributed by atoms with Gasteiger partial charge in [0.2, 0.25) is 5.91 Å². The number of carboxylic acids is 1. The number of rotatable bonds is 4. The van der Waals surface area contributed by atoms with Gasteiger partial charge in [0, 0.05) is 24.4 Å². The average Bonchev–Trinajstić information content (AvgIpc) is 2.83. The van der Waals surface area contributed by atoms with Gasteiger partial charge in [-0.3, -0.25) is 9.59 Å². The van der Waals surface area contributed by atoms with Gasteiger partial charge in [0.25, 0.3) is 0 Å². The van der Waals surface area contributed by atoms with E-state index in [9.17, 15) is 9.59 Å². The van der Waals surface area contributed by atoms with Crippen molar-refractivity contribution in [1.82, 2.24) is 10.3 Å². The minimum atomic E-state index is -1.01. The van der Waals surface area contributed by atoms with Gasteiger partial charge in [-0.1, -0.05) is 0 Å². The number of aliphatic carboxylic acids is 1. The van der Waals surface area contributed by atoms with E-state index in [4.69, 9.17) is 5.11 Å². The van der Waals surface area contributed by atoms with E-state index >= 15 is 0 Å². The number of anilines is 1. The monoisotopic (exact) mass is 283 g/mol. The second-order valence-electron chi connectivity index (χ2n) is 4.64. The molecular formula is C12H17N3O3S. The summed E-state index contributed by atoms with van der Waals surface area (Å²) >= 11 is 1.62. The zero-order valence-corrected chi connectivity index (χ0v) is 11.6. The molecule has 0 unspecified atom stereocenters. The number of nitrogens with one attached hydrogen (secondary N) is 1. The van der Waals surface area contributed by atoms with Crippen molar-refractivity contribution in [2.45, 2.75) is 19.8 Å². The maximum Gasteiger partial charge on any atom is 0.322 e. The molecule has 1 aliphatic heterocycles. The highest BCUT2D eigenvalue weighted by molar-refractivity contribution is 7.13. The lowest BCUT2D eigenvalue weighted by atomic mass is 9.96. The van der Waals surface area contributed by atoms with Crippen molar-refractivity contribution in [3.8, 4) is 0 Å². The van der Waals surface area contributed by atoms with E-state index in [1.165, 1.54) is 0 Å². The van der Waals surface area contributed by atoms with Gasteiger partial charge < -0.3 is 15.3 Å². The highest BCUT2D eigenvalue weighted by Crippen LogP contribution is 2.26. The van der Waals surface area contributed by atoms with E-state index in [-0.39, 0.29) is 18.4 Å². The van der Waals surface area contributed by atoms with Crippen LogP contribution in [0.4, 0.5) is 5.13 Å². The van der Waals surface area contributed by atoms with Crippen molar-refractivity contribution < 1.29 is 14.7 Å². The Bertz CT molecular complexity index is 467. The highest BCUT2D eigenvalue weighted by Gasteiger charge is 2.26. The van der Waals surface area contributed by atoms with Gasteiger partial charge in [0.05, 0.1) is 5.69 Å². The first kappa shape index (κ1) is 13.8. The first-order chi connectivity index (χ1) is 9.06. The minimum Gasteiger partial charge on any atom is -0.480 e. The maximum atomic E-state index is 11.7. The summed E-state index contributed by atoms with van der Waals surface area (Å²) in [4.78, 5) is 28.7. The molecule has 0 aliphatic carbocycles. The van der Waals surface area contributed by atoms with Gasteiger partial charge in [-0.15, -0.1) is 11.3 Å². The molecule has 1 saturated heterocycles. The molecule has 6 nitrogen and oxygen atoms in total. The van der Waals surface area contributed by atoms with Crippen LogP contribution in [0.15, 0.2) is 5.38 Å². The normalized spacial score (nSPS) is 16.4. The Hall–Kier alpha value is -1.63. The standard InChI is InChI=1S/C12H17N3O3S/c1-8-7-19-12(14-8)15-4-2-9(3-5-15)11(18)13-6-10(16)17/h7,9H,2-6H2,1H3,(H,13,18)(H,16,17). The molecule has 1 fully saturated rings. The molecule has 0 radical (unpaired) electrons. The molecule has 0 bridgehead atoms. The number of carboxylic acid groups (broad SMARTS) is 1. The molecule has 1 aliphatic rings. The van der Waals surface area contributed by atoms with Crippen LogP contribution < -0.4 is 10.2 Å². The Morgan fingerprint density at radius 3 is 2.74 bits per heavy atom. The molecule has 7 heteroatoms. The van der Waals surface area contributed by atoms with Gasteiger partial charge in [-0.2, -0.15) is 0 Å². The van der Waals surface area contributed by atoms with Crippen LogP contribution >= 0.6 is 11.3 Å². The van der Waals surface area contributed by atoms with Crippen molar-refractivity contribution in [3.05, 3.63) is 11.1 Å². The maximum absolute atomic E-state index is 11.7. The van der Waals surface area contributed by atoms with Crippen molar-refractivity contribution in [3.63, 3.8) is 0 Å². The van der Waals surface area contributed by atoms with Gasteiger partial charge in [-0.25, -0.2) is 4.98 Å². The van der Waals surface area contributed by atoms with Gasteiger partial charge >= 0.3 is 5.97 Å². The number of nitrogens with zero attached hydrogens (tertiary/aromatic N) is 2. The van der Waals surface area contributed by atoms with Gasteiger partial charge in [0.15, 0.2) is 5.13 Å². The molecule has 2 heterocycles. The zero-order chi connectivity index (χ0) is 13.8. The Kier molecular flexibility index (Phi) is 4.36. The molecule has 19 heavy (non-hydrogen) atoms. The number of aromatic nitrogens is 1. The van der Waals surface area contributed by atoms with Crippen LogP contribution in [0, 0.1) is 12.8 Å². The first-order valence-corrected chi connectivity index (χ1v) is 7.11. The molecule has 0 saturated carbocycles. The predicted octanol–water partition coefficient (Wildman–Crippen LogP) is 0.869. The quantitative estimate of drug-likeness (QED) is 0.856. The van der Waals surface area contributed by atoms with Crippen LogP contribution in [-0.2, 0) is 9.59 Å². The van der Waals surface area contributed by atoms with E-state index in [0.717, 1.165) is 36.8 Å². The molecule has 2 rings (SSSR count). The number of carbonyl (C=O) groups excluding carboxylic acids is 1. The van der Waals surface area contributed by atoms with Crippen molar-refractivity contribution >= 4 is 28.3 Å². The number of thiazole rings is 1. The molecule has 0 spiro atoms. The Labute approximate surface area is 115 Å². The highest BCUT2D eigenvalue weighted by atomic mass is 32.1. The third-order valence-corrected chi connectivity index (χ3v) is 4.18. The summed E-state index contributed by atoms with van der Waals surface area (Å²) < 4.78 is 0. The van der Waals surface area contributed by atoms with Crippen molar-refractivity contribution in [1.29, 1.82) is 0 Å². The fourth-order valence-electron chi connectivity index (χ4n) is 2.13. The molecule has 1 amide bonds. The molecule has 104 valence electrons. The summed E-state index contributed by atoms with van der Waals surface area (Å²) in [6.07, 6.45) is 1.48. The van der Waals surface area contributed by atoms with Crippen LogP contribution in [0.2, 0.25) is 0 Å². The number of amides is 1. The summed E-state index contributed by atoms with van der Waals surface area (Å²) in [6, 6.07) is 0. The van der Waals surface area contributed by atoms with Gasteiger partial charge in [-0.05, 0) is 19.8 Å². The SMILES string of the molecule is Cc1csc(N2CCC(C(=O)NCC(=O)O)CC2)n1. The van der Waals surface area contributed by atoms with Crippen LogP contribution in [0.3, 0.4) is 0 Å². The Morgan fingerprint density at radius 1 is 1.53 bits per heavy atom. The first-order valence-electron chi connectivity index (χ1n) is 6.23. The molecule has 1 aromatic heterocycles. The largest absolute Gasteiger partial charge is 0.480 e. The van der Waals surface area contributed by atoms with E-state index in [1.54, 1.807) is 11.3 Å². The van der Waals surface area contributed by atoms with E-state index in [1.807, 2.05) is 12.3 Å². The topological polar surface area (TPSA) is 82.5 Å². The lowest BCUT2D eigenvalue weighted by Crippen LogP contribution is -2.41. The molecule has 0 atom stereocenters. The summed E-state index contributed by atoms with van der Waals surface area (Å²) in [5.41, 5.74) is 1.02. The van der Waals surface area contributed by atoms with Crippen LogP contribution in [-0.4, -0.2) is 41.6 Å². The number of piperidine rings is 1. The van der Waals surface area contributed by atoms with E-state index < -0.39 is 5.97 Å². The van der Waals surface area contributed by atoms with Crippen LogP contribution in [0.25, 0.3) is 0 Å². The third kappa shape index (κ3) is 3.66. The average molecular weight is 283 g/mol. The molecular weight excluding hydrogens is 266 g/mol. The Balaban J connectivity index is 1.82. The predicted molar refractivity (Wildman–Crippen MR) is 72.4 cm³/mol. The fourth-order valence-corrected chi connectivity index (χ4v) is 2.98. The lowest BCUT2D eigenvalue weighted by Gasteiger charge is -2.30. The van der Waals surface area contributed by atoms with Gasteiger partial charge in [0.1, 0.15) is 6.54 Å². The number of hydrogen-bond donors (Lipinski definition) is 2. The molecule has 2 N–H and O–H groups in total. The summed E-state index contributed by atoms with van der Waals surface area (Å²) in [7, 11) is 0. The minimum absolute atomic E-state index is 0.0864. The third-order valence-electron chi connectivity index (χ3n) is 3.16. The smallest absolute Gasteiger partial charge is 0.322 e. The number of carbonyl (C=O) groups is 2. The summed E-state index contributed by atoms with van der Waals surface area (Å²) in [5.74, 6) is -1.25. The number of hydrogen-bond acceptors (Lipinski definition) is 5. The second kappa shape index (κ2) is 6.01. The molecule has 1 aromatic rings. The van der Waals surface area contributed by atoms with Crippen molar-refractivity contribution in [2.75, 3.05) is 24.5 Å². The zero-order valence-electron chi connectivity index (χ0n) is 10.8. The Morgan fingerprint density at radius 2 is 2.21 bits per heavy atom. The second-order valence-corrected chi connectivity index (χ2v) is 5.48. The lowest BCUT2D eigenvalue weighted by molar-refractivity contribution is -0.138. The van der Waals surface area contributed by atoms with Crippen molar-refractivity contribution in [2.24, 2.45) is 5.92 Å². The fraction of sp³-hybridized carbons (Fsp3) is 0.583. The summed E-state index contributed by atoms with van der Waals surface area (Å²) in [5, 5.41) is 14.0. The van der Waals surface area contributed by atoms with Crippen LogP contribution in [0.5, 0.6) is 0 Å². The summed E-state index contributed by atoms with van der Waals surface area (Å²) in [6.45, 7) is 3.24. The van der Waals surface area contributed by atoms with E-state index in [0.29, 0.717) is 0 Å².